The van der Waals surface area contributed by atoms with Crippen LogP contribution in [0, 0.1) is 5.92 Å². The summed E-state index contributed by atoms with van der Waals surface area (Å²) < 4.78 is 5.52. The lowest BCUT2D eigenvalue weighted by Gasteiger charge is -2.35. The summed E-state index contributed by atoms with van der Waals surface area (Å²) in [7, 11) is 1.86. The third kappa shape index (κ3) is 1.42. The van der Waals surface area contributed by atoms with Crippen LogP contribution < -0.4 is 0 Å². The van der Waals surface area contributed by atoms with Crippen molar-refractivity contribution in [2.45, 2.75) is 44.6 Å². The first-order valence-electron chi connectivity index (χ1n) is 5.13. The van der Waals surface area contributed by atoms with E-state index < -0.39 is 0 Å². The van der Waals surface area contributed by atoms with Gasteiger partial charge in [-0.15, -0.1) is 0 Å². The molecule has 0 N–H and O–H groups in total. The van der Waals surface area contributed by atoms with Gasteiger partial charge in [0.05, 0.1) is 6.10 Å². The summed E-state index contributed by atoms with van der Waals surface area (Å²) in [4.78, 5) is 0. The number of rotatable bonds is 1. The highest BCUT2D eigenvalue weighted by Crippen LogP contribution is 2.37. The number of fused-ring (bicyclic) bond motifs is 1. The minimum atomic E-state index is 0.533. The average Bonchev–Trinajstić information content (AvgIpc) is 2.17. The molecule has 2 rings (SSSR count). The molecular formula is C11H18O. The van der Waals surface area contributed by atoms with Crippen LogP contribution in [0.1, 0.15) is 38.5 Å². The molecule has 0 bridgehead atoms. The van der Waals surface area contributed by atoms with Gasteiger partial charge in [0.2, 0.25) is 0 Å². The van der Waals surface area contributed by atoms with Crippen LogP contribution in [0.2, 0.25) is 0 Å². The van der Waals surface area contributed by atoms with Crippen LogP contribution in [-0.2, 0) is 4.74 Å². The summed E-state index contributed by atoms with van der Waals surface area (Å²) in [5.74, 6) is 0.775. The van der Waals surface area contributed by atoms with Crippen LogP contribution in [0.5, 0.6) is 0 Å². The summed E-state index contributed by atoms with van der Waals surface area (Å²) in [5.41, 5.74) is 1.69. The molecule has 0 aliphatic heterocycles. The molecular weight excluding hydrogens is 148 g/mol. The maximum absolute atomic E-state index is 5.52. The Morgan fingerprint density at radius 1 is 1.33 bits per heavy atom. The summed E-state index contributed by atoms with van der Waals surface area (Å²) in [6.07, 6.45) is 11.0. The van der Waals surface area contributed by atoms with Crippen molar-refractivity contribution < 1.29 is 4.74 Å². The van der Waals surface area contributed by atoms with Crippen molar-refractivity contribution in [2.24, 2.45) is 5.92 Å². The van der Waals surface area contributed by atoms with E-state index in [1.807, 2.05) is 7.11 Å². The van der Waals surface area contributed by atoms with Gasteiger partial charge in [-0.3, -0.25) is 0 Å². The van der Waals surface area contributed by atoms with Crippen molar-refractivity contribution in [2.75, 3.05) is 7.11 Å². The Morgan fingerprint density at radius 2 is 2.25 bits per heavy atom. The number of ether oxygens (including phenoxy) is 1. The van der Waals surface area contributed by atoms with Gasteiger partial charge in [0.25, 0.3) is 0 Å². The fraction of sp³-hybridized carbons (Fsp3) is 0.818. The number of hydrogen-bond donors (Lipinski definition) is 0. The third-order valence-corrected chi connectivity index (χ3v) is 3.31. The van der Waals surface area contributed by atoms with Crippen molar-refractivity contribution in [3.8, 4) is 0 Å². The molecule has 2 unspecified atom stereocenters. The smallest absolute Gasteiger partial charge is 0.0636 e. The Kier molecular flexibility index (Phi) is 2.50. The molecule has 0 radical (unpaired) electrons. The lowest BCUT2D eigenvalue weighted by atomic mass is 9.76. The van der Waals surface area contributed by atoms with Gasteiger partial charge in [0, 0.05) is 13.0 Å². The van der Waals surface area contributed by atoms with E-state index in [1.54, 1.807) is 5.57 Å². The topological polar surface area (TPSA) is 9.23 Å². The van der Waals surface area contributed by atoms with Gasteiger partial charge in [-0.05, 0) is 38.5 Å². The Hall–Kier alpha value is -0.300. The van der Waals surface area contributed by atoms with Gasteiger partial charge in [0.15, 0.2) is 0 Å². The molecule has 0 aromatic rings. The van der Waals surface area contributed by atoms with Gasteiger partial charge in [0.1, 0.15) is 0 Å². The zero-order chi connectivity index (χ0) is 8.39. The molecule has 1 nitrogen and oxygen atoms in total. The van der Waals surface area contributed by atoms with Gasteiger partial charge in [-0.1, -0.05) is 11.6 Å². The first-order valence-corrected chi connectivity index (χ1v) is 5.13. The second-order valence-electron chi connectivity index (χ2n) is 3.98. The molecule has 2 aliphatic carbocycles. The molecule has 0 saturated heterocycles. The Bertz CT molecular complexity index is 183. The molecule has 2 atom stereocenters. The molecule has 1 fully saturated rings. The largest absolute Gasteiger partial charge is 0.381 e. The van der Waals surface area contributed by atoms with Gasteiger partial charge >= 0.3 is 0 Å². The molecule has 0 heterocycles. The van der Waals surface area contributed by atoms with Crippen LogP contribution in [0.25, 0.3) is 0 Å². The molecule has 0 amide bonds. The van der Waals surface area contributed by atoms with Crippen LogP contribution in [-0.4, -0.2) is 13.2 Å². The Balaban J connectivity index is 2.10. The van der Waals surface area contributed by atoms with E-state index in [-0.39, 0.29) is 0 Å². The zero-order valence-electron chi connectivity index (χ0n) is 7.88. The van der Waals surface area contributed by atoms with Crippen molar-refractivity contribution in [3.63, 3.8) is 0 Å². The zero-order valence-corrected chi connectivity index (χ0v) is 7.88. The first kappa shape index (κ1) is 8.31. The van der Waals surface area contributed by atoms with E-state index in [0.717, 1.165) is 5.92 Å². The van der Waals surface area contributed by atoms with Crippen molar-refractivity contribution in [1.82, 2.24) is 0 Å². The van der Waals surface area contributed by atoms with E-state index in [2.05, 4.69) is 6.08 Å². The molecule has 12 heavy (non-hydrogen) atoms. The fourth-order valence-electron chi connectivity index (χ4n) is 2.66. The summed E-state index contributed by atoms with van der Waals surface area (Å²) in [5, 5.41) is 0. The van der Waals surface area contributed by atoms with Crippen LogP contribution >= 0.6 is 0 Å². The Labute approximate surface area is 74.8 Å². The molecule has 0 aromatic carbocycles. The minimum absolute atomic E-state index is 0.533. The normalized spacial score (nSPS) is 35.6. The number of methoxy groups -OCH3 is 1. The average molecular weight is 166 g/mol. The summed E-state index contributed by atoms with van der Waals surface area (Å²) in [6, 6.07) is 0. The van der Waals surface area contributed by atoms with E-state index in [9.17, 15) is 0 Å². The monoisotopic (exact) mass is 166 g/mol. The quantitative estimate of drug-likeness (QED) is 0.544. The standard InChI is InChI=1S/C11H18O/c1-12-11-8-4-6-9-5-2-3-7-10(9)11/h5,10-11H,2-4,6-8H2,1H3. The van der Waals surface area contributed by atoms with E-state index in [1.165, 1.54) is 38.5 Å². The van der Waals surface area contributed by atoms with Gasteiger partial charge in [-0.2, -0.15) is 0 Å². The van der Waals surface area contributed by atoms with Crippen LogP contribution in [0.3, 0.4) is 0 Å². The molecule has 1 saturated carbocycles. The van der Waals surface area contributed by atoms with Crippen LogP contribution in [0.4, 0.5) is 0 Å². The maximum atomic E-state index is 5.52. The predicted octanol–water partition coefficient (Wildman–Crippen LogP) is 2.91. The lowest BCUT2D eigenvalue weighted by Crippen LogP contribution is -2.29. The fourth-order valence-corrected chi connectivity index (χ4v) is 2.66. The minimum Gasteiger partial charge on any atom is -0.381 e. The number of hydrogen-bond acceptors (Lipinski definition) is 1. The van der Waals surface area contributed by atoms with Gasteiger partial charge in [-0.25, -0.2) is 0 Å². The molecule has 68 valence electrons. The highest BCUT2D eigenvalue weighted by molar-refractivity contribution is 5.14. The second kappa shape index (κ2) is 3.61. The van der Waals surface area contributed by atoms with E-state index >= 15 is 0 Å². The summed E-state index contributed by atoms with van der Waals surface area (Å²) in [6.45, 7) is 0. The first-order chi connectivity index (χ1) is 5.92. The highest BCUT2D eigenvalue weighted by atomic mass is 16.5. The predicted molar refractivity (Wildman–Crippen MR) is 50.1 cm³/mol. The SMILES string of the molecule is COC1CCCC2=CCCCC21. The van der Waals surface area contributed by atoms with Gasteiger partial charge < -0.3 is 4.74 Å². The van der Waals surface area contributed by atoms with Crippen molar-refractivity contribution in [1.29, 1.82) is 0 Å². The Morgan fingerprint density at radius 3 is 3.08 bits per heavy atom. The summed E-state index contributed by atoms with van der Waals surface area (Å²) >= 11 is 0. The van der Waals surface area contributed by atoms with Crippen molar-refractivity contribution in [3.05, 3.63) is 11.6 Å². The van der Waals surface area contributed by atoms with Crippen molar-refractivity contribution >= 4 is 0 Å². The molecule has 0 aromatic heterocycles. The molecule has 2 aliphatic rings. The molecule has 1 heteroatoms. The lowest BCUT2D eigenvalue weighted by molar-refractivity contribution is 0.0391. The second-order valence-corrected chi connectivity index (χ2v) is 3.98. The van der Waals surface area contributed by atoms with Crippen LogP contribution in [0.15, 0.2) is 11.6 Å². The van der Waals surface area contributed by atoms with E-state index in [0.29, 0.717) is 6.10 Å². The highest BCUT2D eigenvalue weighted by Gasteiger charge is 2.29. The molecule has 0 spiro atoms. The third-order valence-electron chi connectivity index (χ3n) is 3.31. The van der Waals surface area contributed by atoms with E-state index in [4.69, 9.17) is 4.74 Å². The number of allylic oxidation sites excluding steroid dienone is 1. The maximum Gasteiger partial charge on any atom is 0.0636 e.